The normalized spacial score (nSPS) is 20.3. The Hall–Kier alpha value is -1.75. The number of hydrogen-bond acceptors (Lipinski definition) is 4. The van der Waals surface area contributed by atoms with E-state index in [4.69, 9.17) is 9.47 Å². The number of hydrogen-bond donors (Lipinski definition) is 2. The lowest BCUT2D eigenvalue weighted by Gasteiger charge is -2.39. The number of benzene rings is 1. The average Bonchev–Trinajstić information content (AvgIpc) is 2.49. The monoisotopic (exact) mass is 306 g/mol. The van der Waals surface area contributed by atoms with E-state index in [1.165, 1.54) is 0 Å². The maximum absolute atomic E-state index is 12.6. The number of carbonyl (C=O) groups is 1. The summed E-state index contributed by atoms with van der Waals surface area (Å²) in [7, 11) is 3.19. The van der Waals surface area contributed by atoms with Gasteiger partial charge in [0.1, 0.15) is 11.5 Å². The molecule has 2 rings (SSSR count). The molecule has 0 aromatic heterocycles. The van der Waals surface area contributed by atoms with Crippen molar-refractivity contribution in [2.45, 2.75) is 33.2 Å². The smallest absolute Gasteiger partial charge is 0.251 e. The Kier molecular flexibility index (Phi) is 4.96. The second-order valence-electron chi connectivity index (χ2n) is 6.49. The summed E-state index contributed by atoms with van der Waals surface area (Å²) >= 11 is 0. The zero-order valence-electron chi connectivity index (χ0n) is 14.1. The van der Waals surface area contributed by atoms with Gasteiger partial charge in [-0.1, -0.05) is 13.8 Å². The van der Waals surface area contributed by atoms with Crippen molar-refractivity contribution >= 4 is 5.91 Å². The van der Waals surface area contributed by atoms with E-state index in [1.54, 1.807) is 26.4 Å². The van der Waals surface area contributed by atoms with Crippen LogP contribution in [0.5, 0.6) is 11.5 Å². The van der Waals surface area contributed by atoms with Gasteiger partial charge < -0.3 is 20.1 Å². The van der Waals surface area contributed by atoms with Gasteiger partial charge in [0, 0.05) is 23.7 Å². The summed E-state index contributed by atoms with van der Waals surface area (Å²) in [6.45, 7) is 8.07. The van der Waals surface area contributed by atoms with E-state index in [-0.39, 0.29) is 17.4 Å². The minimum atomic E-state index is -0.0865. The van der Waals surface area contributed by atoms with Gasteiger partial charge in [0.05, 0.1) is 14.2 Å². The van der Waals surface area contributed by atoms with Gasteiger partial charge in [-0.25, -0.2) is 0 Å². The lowest BCUT2D eigenvalue weighted by atomic mass is 9.80. The fourth-order valence-corrected chi connectivity index (χ4v) is 2.90. The third kappa shape index (κ3) is 3.35. The molecule has 0 spiro atoms. The Morgan fingerprint density at radius 2 is 1.86 bits per heavy atom. The minimum Gasteiger partial charge on any atom is -0.496 e. The summed E-state index contributed by atoms with van der Waals surface area (Å²) in [5, 5.41) is 6.53. The van der Waals surface area contributed by atoms with E-state index >= 15 is 0 Å². The second kappa shape index (κ2) is 6.57. The van der Waals surface area contributed by atoms with Gasteiger partial charge in [0.2, 0.25) is 0 Å². The van der Waals surface area contributed by atoms with Crippen LogP contribution in [0.1, 0.15) is 36.2 Å². The van der Waals surface area contributed by atoms with Crippen LogP contribution in [0.15, 0.2) is 12.1 Å². The Bertz CT molecular complexity index is 530. The fraction of sp³-hybridized carbons (Fsp3) is 0.588. The molecule has 1 saturated heterocycles. The van der Waals surface area contributed by atoms with Gasteiger partial charge >= 0.3 is 0 Å². The molecule has 122 valence electrons. The van der Waals surface area contributed by atoms with Gasteiger partial charge in [-0.2, -0.15) is 0 Å². The van der Waals surface area contributed by atoms with Crippen LogP contribution in [0.4, 0.5) is 0 Å². The molecule has 1 aliphatic rings. The number of rotatable bonds is 4. The van der Waals surface area contributed by atoms with E-state index in [1.807, 2.05) is 6.92 Å². The lowest BCUT2D eigenvalue weighted by molar-refractivity contribution is 0.0868. The first kappa shape index (κ1) is 16.6. The molecule has 1 aromatic carbocycles. The van der Waals surface area contributed by atoms with Crippen LogP contribution in [0.2, 0.25) is 0 Å². The molecular formula is C17H26N2O3. The van der Waals surface area contributed by atoms with Crippen LogP contribution in [0.3, 0.4) is 0 Å². The van der Waals surface area contributed by atoms with Crippen LogP contribution < -0.4 is 20.1 Å². The van der Waals surface area contributed by atoms with Crippen molar-refractivity contribution in [2.24, 2.45) is 5.41 Å². The van der Waals surface area contributed by atoms with Crippen LogP contribution in [0.25, 0.3) is 0 Å². The van der Waals surface area contributed by atoms with E-state index < -0.39 is 0 Å². The van der Waals surface area contributed by atoms with Crippen molar-refractivity contribution in [1.82, 2.24) is 10.6 Å². The number of amides is 1. The summed E-state index contributed by atoms with van der Waals surface area (Å²) in [5.41, 5.74) is 1.49. The van der Waals surface area contributed by atoms with Crippen LogP contribution in [-0.4, -0.2) is 39.3 Å². The molecule has 0 aliphatic carbocycles. The summed E-state index contributed by atoms with van der Waals surface area (Å²) in [6.07, 6.45) is 0.929. The standard InChI is InChI=1S/C17H26N2O3/c1-11-13(21-4)8-12(9-14(11)22-5)16(20)19-15-6-7-18-10-17(15,2)3/h8-9,15,18H,6-7,10H2,1-5H3,(H,19,20). The van der Waals surface area contributed by atoms with Crippen molar-refractivity contribution in [3.05, 3.63) is 23.3 Å². The van der Waals surface area contributed by atoms with Crippen molar-refractivity contribution in [2.75, 3.05) is 27.3 Å². The van der Waals surface area contributed by atoms with E-state index in [9.17, 15) is 4.79 Å². The SMILES string of the molecule is COc1cc(C(=O)NC2CCNCC2(C)C)cc(OC)c1C. The number of nitrogens with one attached hydrogen (secondary N) is 2. The average molecular weight is 306 g/mol. The van der Waals surface area contributed by atoms with E-state index in [0.29, 0.717) is 17.1 Å². The maximum Gasteiger partial charge on any atom is 0.251 e. The van der Waals surface area contributed by atoms with Crippen LogP contribution in [-0.2, 0) is 0 Å². The molecule has 0 bridgehead atoms. The molecule has 1 unspecified atom stereocenters. The van der Waals surface area contributed by atoms with Gasteiger partial charge in [0.15, 0.2) is 0 Å². The van der Waals surface area contributed by atoms with Crippen LogP contribution in [0, 0.1) is 12.3 Å². The Morgan fingerprint density at radius 1 is 1.27 bits per heavy atom. The van der Waals surface area contributed by atoms with Gasteiger partial charge in [-0.05, 0) is 37.4 Å². The Labute approximate surface area is 132 Å². The summed E-state index contributed by atoms with van der Waals surface area (Å²) in [6, 6.07) is 3.68. The zero-order chi connectivity index (χ0) is 16.3. The molecule has 1 aromatic rings. The quantitative estimate of drug-likeness (QED) is 0.894. The predicted molar refractivity (Wildman–Crippen MR) is 86.8 cm³/mol. The zero-order valence-corrected chi connectivity index (χ0v) is 14.1. The van der Waals surface area contributed by atoms with Gasteiger partial charge in [-0.3, -0.25) is 4.79 Å². The largest absolute Gasteiger partial charge is 0.496 e. The first-order chi connectivity index (χ1) is 10.4. The minimum absolute atomic E-state index is 0.0345. The lowest BCUT2D eigenvalue weighted by Crippen LogP contribution is -2.54. The topological polar surface area (TPSA) is 59.6 Å². The summed E-state index contributed by atoms with van der Waals surface area (Å²) < 4.78 is 10.7. The second-order valence-corrected chi connectivity index (χ2v) is 6.49. The highest BCUT2D eigenvalue weighted by Crippen LogP contribution is 2.30. The molecule has 0 saturated carbocycles. The third-order valence-corrected chi connectivity index (χ3v) is 4.45. The fourth-order valence-electron chi connectivity index (χ4n) is 2.90. The van der Waals surface area contributed by atoms with Crippen molar-refractivity contribution < 1.29 is 14.3 Å². The predicted octanol–water partition coefficient (Wildman–Crippen LogP) is 2.13. The molecular weight excluding hydrogens is 280 g/mol. The highest BCUT2D eigenvalue weighted by Gasteiger charge is 2.33. The van der Waals surface area contributed by atoms with Gasteiger partial charge in [-0.15, -0.1) is 0 Å². The molecule has 1 fully saturated rings. The molecule has 5 heteroatoms. The maximum atomic E-state index is 12.6. The third-order valence-electron chi connectivity index (χ3n) is 4.45. The molecule has 22 heavy (non-hydrogen) atoms. The van der Waals surface area contributed by atoms with Crippen molar-refractivity contribution in [1.29, 1.82) is 0 Å². The van der Waals surface area contributed by atoms with Crippen LogP contribution >= 0.6 is 0 Å². The Morgan fingerprint density at radius 3 is 2.36 bits per heavy atom. The van der Waals surface area contributed by atoms with Gasteiger partial charge in [0.25, 0.3) is 5.91 Å². The Balaban J connectivity index is 2.22. The highest BCUT2D eigenvalue weighted by atomic mass is 16.5. The molecule has 1 amide bonds. The molecule has 5 nitrogen and oxygen atoms in total. The summed E-state index contributed by atoms with van der Waals surface area (Å²) in [5.74, 6) is 1.24. The van der Waals surface area contributed by atoms with Crippen molar-refractivity contribution in [3.63, 3.8) is 0 Å². The molecule has 1 heterocycles. The first-order valence-electron chi connectivity index (χ1n) is 7.63. The number of ether oxygens (including phenoxy) is 2. The number of piperidine rings is 1. The molecule has 1 atom stereocenters. The van der Waals surface area contributed by atoms with Crippen molar-refractivity contribution in [3.8, 4) is 11.5 Å². The number of carbonyl (C=O) groups excluding carboxylic acids is 1. The molecule has 2 N–H and O–H groups in total. The van der Waals surface area contributed by atoms with E-state index in [2.05, 4.69) is 24.5 Å². The summed E-state index contributed by atoms with van der Waals surface area (Å²) in [4.78, 5) is 12.6. The molecule has 0 radical (unpaired) electrons. The number of methoxy groups -OCH3 is 2. The molecule has 1 aliphatic heterocycles. The first-order valence-corrected chi connectivity index (χ1v) is 7.63. The highest BCUT2D eigenvalue weighted by molar-refractivity contribution is 5.95. The van der Waals surface area contributed by atoms with E-state index in [0.717, 1.165) is 25.1 Å².